The van der Waals surface area contributed by atoms with Gasteiger partial charge in [-0.05, 0) is 56.7 Å². The highest BCUT2D eigenvalue weighted by Gasteiger charge is 2.06. The van der Waals surface area contributed by atoms with Gasteiger partial charge in [0.2, 0.25) is 0 Å². The van der Waals surface area contributed by atoms with Crippen LogP contribution in [0.2, 0.25) is 0 Å². The molecule has 1 heterocycles. The molecule has 92 valence electrons. The standard InChI is InChI=1S/C13H9BrINO2/c14-10-5-12(7-16-6-10)18-8-13(17)9-1-3-11(15)4-2-9/h1-7H,8H2. The first-order valence-corrected chi connectivity index (χ1v) is 7.04. The van der Waals surface area contributed by atoms with Crippen molar-refractivity contribution in [3.05, 3.63) is 56.3 Å². The fraction of sp³-hybridized carbons (Fsp3) is 0.0769. The largest absolute Gasteiger partial charge is 0.484 e. The fourth-order valence-corrected chi connectivity index (χ4v) is 2.04. The molecule has 3 nitrogen and oxygen atoms in total. The summed E-state index contributed by atoms with van der Waals surface area (Å²) in [5.74, 6) is 0.523. The van der Waals surface area contributed by atoms with E-state index in [1.54, 1.807) is 30.6 Å². The minimum atomic E-state index is -0.0497. The van der Waals surface area contributed by atoms with Gasteiger partial charge in [-0.3, -0.25) is 9.78 Å². The number of rotatable bonds is 4. The SMILES string of the molecule is O=C(COc1cncc(Br)c1)c1ccc(I)cc1. The highest BCUT2D eigenvalue weighted by molar-refractivity contribution is 14.1. The van der Waals surface area contributed by atoms with Gasteiger partial charge in [-0.2, -0.15) is 0 Å². The predicted octanol–water partition coefficient (Wildman–Crippen LogP) is 3.71. The molecule has 0 aliphatic carbocycles. The molecule has 2 aromatic rings. The normalized spacial score (nSPS) is 10.1. The summed E-state index contributed by atoms with van der Waals surface area (Å²) in [6.07, 6.45) is 3.24. The van der Waals surface area contributed by atoms with Gasteiger partial charge < -0.3 is 4.74 Å². The average Bonchev–Trinajstić information content (AvgIpc) is 2.37. The second kappa shape index (κ2) is 6.29. The van der Waals surface area contributed by atoms with Crippen LogP contribution < -0.4 is 4.74 Å². The van der Waals surface area contributed by atoms with Crippen LogP contribution in [-0.2, 0) is 0 Å². The number of carbonyl (C=O) groups excluding carboxylic acids is 1. The van der Waals surface area contributed by atoms with Crippen molar-refractivity contribution in [1.82, 2.24) is 4.98 Å². The van der Waals surface area contributed by atoms with Crippen LogP contribution in [0.3, 0.4) is 0 Å². The molecule has 0 saturated carbocycles. The Morgan fingerprint density at radius 3 is 2.67 bits per heavy atom. The van der Waals surface area contributed by atoms with Crippen molar-refractivity contribution in [2.24, 2.45) is 0 Å². The summed E-state index contributed by atoms with van der Waals surface area (Å²) >= 11 is 5.49. The van der Waals surface area contributed by atoms with Gasteiger partial charge in [0.1, 0.15) is 5.75 Å². The number of aromatic nitrogens is 1. The van der Waals surface area contributed by atoms with Gasteiger partial charge in [-0.15, -0.1) is 0 Å². The summed E-state index contributed by atoms with van der Waals surface area (Å²) in [6, 6.07) is 9.16. The molecule has 0 bridgehead atoms. The quantitative estimate of drug-likeness (QED) is 0.562. The van der Waals surface area contributed by atoms with Crippen LogP contribution in [0.4, 0.5) is 0 Å². The van der Waals surface area contributed by atoms with Gasteiger partial charge in [0.15, 0.2) is 12.4 Å². The predicted molar refractivity (Wildman–Crippen MR) is 80.9 cm³/mol. The van der Waals surface area contributed by atoms with E-state index >= 15 is 0 Å². The monoisotopic (exact) mass is 417 g/mol. The van der Waals surface area contributed by atoms with E-state index in [1.165, 1.54) is 0 Å². The van der Waals surface area contributed by atoms with E-state index in [9.17, 15) is 4.79 Å². The first-order chi connectivity index (χ1) is 8.65. The Bertz CT molecular complexity index is 557. The van der Waals surface area contributed by atoms with Gasteiger partial charge in [0.05, 0.1) is 6.20 Å². The van der Waals surface area contributed by atoms with E-state index in [1.807, 2.05) is 12.1 Å². The number of pyridine rings is 1. The Balaban J connectivity index is 1.98. The molecule has 0 amide bonds. The number of hydrogen-bond donors (Lipinski definition) is 0. The van der Waals surface area contributed by atoms with Crippen LogP contribution in [0, 0.1) is 3.57 Å². The third-order valence-corrected chi connectivity index (χ3v) is 3.37. The lowest BCUT2D eigenvalue weighted by molar-refractivity contribution is 0.0921. The minimum Gasteiger partial charge on any atom is -0.484 e. The number of ketones is 1. The van der Waals surface area contributed by atoms with Crippen molar-refractivity contribution < 1.29 is 9.53 Å². The van der Waals surface area contributed by atoms with E-state index in [0.717, 1.165) is 8.04 Å². The zero-order chi connectivity index (χ0) is 13.0. The van der Waals surface area contributed by atoms with E-state index in [-0.39, 0.29) is 12.4 Å². The summed E-state index contributed by atoms with van der Waals surface area (Å²) in [5, 5.41) is 0. The molecule has 0 fully saturated rings. The molecule has 0 radical (unpaired) electrons. The summed E-state index contributed by atoms with van der Waals surface area (Å²) in [7, 11) is 0. The van der Waals surface area contributed by atoms with Crippen LogP contribution in [0.1, 0.15) is 10.4 Å². The van der Waals surface area contributed by atoms with Crippen LogP contribution in [0.5, 0.6) is 5.75 Å². The number of nitrogens with zero attached hydrogens (tertiary/aromatic N) is 1. The molecular weight excluding hydrogens is 409 g/mol. The molecule has 0 spiro atoms. The number of hydrogen-bond acceptors (Lipinski definition) is 3. The summed E-state index contributed by atoms with van der Waals surface area (Å²) in [5.41, 5.74) is 0.651. The Morgan fingerprint density at radius 1 is 1.28 bits per heavy atom. The van der Waals surface area contributed by atoms with Gasteiger partial charge in [0, 0.05) is 19.8 Å². The molecule has 5 heteroatoms. The van der Waals surface area contributed by atoms with Gasteiger partial charge >= 0.3 is 0 Å². The van der Waals surface area contributed by atoms with Crippen molar-refractivity contribution in [3.8, 4) is 5.75 Å². The molecule has 0 aliphatic heterocycles. The molecule has 1 aromatic heterocycles. The van der Waals surface area contributed by atoms with Gasteiger partial charge in [-0.1, -0.05) is 12.1 Å². The molecular formula is C13H9BrINO2. The second-order valence-electron chi connectivity index (χ2n) is 3.56. The maximum absolute atomic E-state index is 11.9. The summed E-state index contributed by atoms with van der Waals surface area (Å²) < 4.78 is 7.31. The average molecular weight is 418 g/mol. The van der Waals surface area contributed by atoms with Crippen LogP contribution in [-0.4, -0.2) is 17.4 Å². The van der Waals surface area contributed by atoms with Gasteiger partial charge in [-0.25, -0.2) is 0 Å². The smallest absolute Gasteiger partial charge is 0.200 e. The lowest BCUT2D eigenvalue weighted by atomic mass is 10.1. The maximum atomic E-state index is 11.9. The molecule has 0 aliphatic rings. The van der Waals surface area contributed by atoms with Crippen molar-refractivity contribution in [2.75, 3.05) is 6.61 Å². The Kier molecular flexibility index (Phi) is 4.71. The molecule has 2 rings (SSSR count). The molecule has 18 heavy (non-hydrogen) atoms. The topological polar surface area (TPSA) is 39.2 Å². The van der Waals surface area contributed by atoms with Crippen molar-refractivity contribution in [3.63, 3.8) is 0 Å². The zero-order valence-corrected chi connectivity index (χ0v) is 13.0. The molecule has 1 aromatic carbocycles. The molecule has 0 atom stereocenters. The highest BCUT2D eigenvalue weighted by atomic mass is 127. The lowest BCUT2D eigenvalue weighted by Gasteiger charge is -2.05. The first kappa shape index (κ1) is 13.5. The zero-order valence-electron chi connectivity index (χ0n) is 9.27. The van der Waals surface area contributed by atoms with Crippen LogP contribution in [0.15, 0.2) is 47.2 Å². The van der Waals surface area contributed by atoms with E-state index < -0.39 is 0 Å². The van der Waals surface area contributed by atoms with Crippen LogP contribution in [0.25, 0.3) is 0 Å². The first-order valence-electron chi connectivity index (χ1n) is 5.17. The lowest BCUT2D eigenvalue weighted by Crippen LogP contribution is -2.11. The number of benzene rings is 1. The van der Waals surface area contributed by atoms with Crippen LogP contribution >= 0.6 is 38.5 Å². The van der Waals surface area contributed by atoms with Crippen molar-refractivity contribution >= 4 is 44.3 Å². The Morgan fingerprint density at radius 2 is 2.00 bits per heavy atom. The highest BCUT2D eigenvalue weighted by Crippen LogP contribution is 2.16. The van der Waals surface area contributed by atoms with Crippen molar-refractivity contribution in [2.45, 2.75) is 0 Å². The van der Waals surface area contributed by atoms with E-state index in [2.05, 4.69) is 43.5 Å². The third-order valence-electron chi connectivity index (χ3n) is 2.22. The Labute approximate surface area is 127 Å². The maximum Gasteiger partial charge on any atom is 0.200 e. The molecule has 0 N–H and O–H groups in total. The molecule has 0 saturated heterocycles. The van der Waals surface area contributed by atoms with E-state index in [4.69, 9.17) is 4.74 Å². The van der Waals surface area contributed by atoms with Gasteiger partial charge in [0.25, 0.3) is 0 Å². The molecule has 0 unspecified atom stereocenters. The number of ether oxygens (including phenoxy) is 1. The van der Waals surface area contributed by atoms with E-state index in [0.29, 0.717) is 11.3 Å². The number of halogens is 2. The number of carbonyl (C=O) groups is 1. The summed E-state index contributed by atoms with van der Waals surface area (Å²) in [4.78, 5) is 15.8. The second-order valence-corrected chi connectivity index (χ2v) is 5.72. The van der Waals surface area contributed by atoms with Crippen molar-refractivity contribution in [1.29, 1.82) is 0 Å². The Hall–Kier alpha value is -0.950. The summed E-state index contributed by atoms with van der Waals surface area (Å²) in [6.45, 7) is 0.0126. The third kappa shape index (κ3) is 3.78. The minimum absolute atomic E-state index is 0.0126. The fourth-order valence-electron chi connectivity index (χ4n) is 1.34. The number of Topliss-reactive ketones (excluding diaryl/α,β-unsaturated/α-hetero) is 1.